The van der Waals surface area contributed by atoms with E-state index in [1.807, 2.05) is 6.92 Å². The summed E-state index contributed by atoms with van der Waals surface area (Å²) in [5.41, 5.74) is 0.350. The third-order valence-electron chi connectivity index (χ3n) is 6.71. The first kappa shape index (κ1) is 33.6. The van der Waals surface area contributed by atoms with E-state index in [4.69, 9.17) is 27.9 Å². The van der Waals surface area contributed by atoms with Gasteiger partial charge in [-0.1, -0.05) is 42.3 Å². The van der Waals surface area contributed by atoms with Gasteiger partial charge in [0.2, 0.25) is 11.8 Å². The number of sulfonamides is 1. The number of hydrogen-bond donors (Lipinski definition) is 1. The van der Waals surface area contributed by atoms with Gasteiger partial charge < -0.3 is 15.0 Å². The Kier molecular flexibility index (Phi) is 11.4. The number of nitro benzene ring substituents is 1. The van der Waals surface area contributed by atoms with E-state index >= 15 is 0 Å². The van der Waals surface area contributed by atoms with Crippen LogP contribution in [0.5, 0.6) is 5.75 Å². The molecule has 0 aliphatic heterocycles. The van der Waals surface area contributed by atoms with E-state index < -0.39 is 45.0 Å². The molecule has 0 aliphatic carbocycles. The van der Waals surface area contributed by atoms with Crippen LogP contribution in [0.4, 0.5) is 11.4 Å². The van der Waals surface area contributed by atoms with Gasteiger partial charge in [0, 0.05) is 40.3 Å². The Bertz CT molecular complexity index is 1580. The van der Waals surface area contributed by atoms with Crippen molar-refractivity contribution in [3.05, 3.63) is 92.0 Å². The molecular weight excluding hydrogens is 619 g/mol. The molecule has 1 atom stereocenters. The summed E-state index contributed by atoms with van der Waals surface area (Å²) in [7, 11) is -3.09. The molecule has 0 aliphatic rings. The van der Waals surface area contributed by atoms with Gasteiger partial charge in [-0.2, -0.15) is 0 Å². The molecule has 14 heteroatoms. The molecular formula is C29H32Cl2N4O7S. The normalized spacial score (nSPS) is 11.9. The third kappa shape index (κ3) is 7.95. The van der Waals surface area contributed by atoms with Gasteiger partial charge in [-0.15, -0.1) is 0 Å². The van der Waals surface area contributed by atoms with E-state index in [9.17, 15) is 28.1 Å². The number of rotatable bonds is 13. The maximum absolute atomic E-state index is 14.0. The molecule has 0 saturated carbocycles. The fourth-order valence-corrected chi connectivity index (χ4v) is 6.13. The van der Waals surface area contributed by atoms with E-state index in [1.165, 1.54) is 62.3 Å². The van der Waals surface area contributed by atoms with Gasteiger partial charge in [-0.25, -0.2) is 8.42 Å². The summed E-state index contributed by atoms with van der Waals surface area (Å²) in [6.45, 7) is 4.32. The number of nitrogens with zero attached hydrogens (tertiary/aromatic N) is 3. The summed E-state index contributed by atoms with van der Waals surface area (Å²) in [5, 5.41) is 14.9. The van der Waals surface area contributed by atoms with Crippen molar-refractivity contribution in [2.75, 3.05) is 24.5 Å². The molecule has 230 valence electrons. The van der Waals surface area contributed by atoms with Gasteiger partial charge in [-0.05, 0) is 62.7 Å². The SMILES string of the molecule is CCCNC(=O)C(C)N(Cc1c(Cl)cccc1Cl)C(=O)CN(c1ccc(OC)cc1)S(=O)(=O)c1ccc(C)c([N+](=O)[O-])c1. The number of aryl methyl sites for hydroxylation is 1. The first-order valence-electron chi connectivity index (χ1n) is 13.2. The van der Waals surface area contributed by atoms with Crippen molar-refractivity contribution in [2.24, 2.45) is 0 Å². The fraction of sp³-hybridized carbons (Fsp3) is 0.310. The number of amides is 2. The third-order valence-corrected chi connectivity index (χ3v) is 9.19. The Morgan fingerprint density at radius 1 is 1.07 bits per heavy atom. The fourth-order valence-electron chi connectivity index (χ4n) is 4.18. The largest absolute Gasteiger partial charge is 0.497 e. The number of benzene rings is 3. The average Bonchev–Trinajstić information content (AvgIpc) is 2.98. The summed E-state index contributed by atoms with van der Waals surface area (Å²) >= 11 is 12.8. The zero-order valence-corrected chi connectivity index (χ0v) is 26.4. The molecule has 2 amide bonds. The van der Waals surface area contributed by atoms with E-state index in [-0.39, 0.29) is 32.7 Å². The van der Waals surface area contributed by atoms with E-state index in [0.717, 1.165) is 10.4 Å². The molecule has 0 radical (unpaired) electrons. The number of carbonyl (C=O) groups is 2. The molecule has 3 aromatic rings. The highest BCUT2D eigenvalue weighted by Gasteiger charge is 2.34. The minimum absolute atomic E-state index is 0.0937. The molecule has 3 aromatic carbocycles. The zero-order valence-electron chi connectivity index (χ0n) is 24.0. The van der Waals surface area contributed by atoms with Crippen LogP contribution in [0.3, 0.4) is 0 Å². The van der Waals surface area contributed by atoms with Gasteiger partial charge >= 0.3 is 0 Å². The summed E-state index contributed by atoms with van der Waals surface area (Å²) in [6.07, 6.45) is 0.662. The molecule has 0 saturated heterocycles. The lowest BCUT2D eigenvalue weighted by atomic mass is 10.1. The number of carbonyl (C=O) groups excluding carboxylic acids is 2. The molecule has 43 heavy (non-hydrogen) atoms. The van der Waals surface area contributed by atoms with E-state index in [2.05, 4.69) is 5.32 Å². The number of hydrogen-bond acceptors (Lipinski definition) is 7. The van der Waals surface area contributed by atoms with Crippen LogP contribution in [-0.4, -0.2) is 56.3 Å². The number of anilines is 1. The number of ether oxygens (including phenoxy) is 1. The standard InChI is InChI=1S/C29H32Cl2N4O7S/c1-5-15-32-29(37)20(3)33(17-24-25(30)7-6-8-26(24)31)28(36)18-34(21-10-12-22(42-4)13-11-21)43(40,41)23-14-9-19(2)27(16-23)35(38)39/h6-14,16,20H,5,15,17-18H2,1-4H3,(H,32,37). The van der Waals surface area contributed by atoms with Crippen LogP contribution in [0.15, 0.2) is 65.6 Å². The summed E-state index contributed by atoms with van der Waals surface area (Å²) < 4.78 is 34.1. The Morgan fingerprint density at radius 2 is 1.70 bits per heavy atom. The van der Waals surface area contributed by atoms with Crippen molar-refractivity contribution in [1.29, 1.82) is 0 Å². The van der Waals surface area contributed by atoms with E-state index in [1.54, 1.807) is 18.2 Å². The predicted molar refractivity (Wildman–Crippen MR) is 165 cm³/mol. The van der Waals surface area contributed by atoms with Crippen molar-refractivity contribution in [2.45, 2.75) is 44.7 Å². The predicted octanol–water partition coefficient (Wildman–Crippen LogP) is 5.36. The van der Waals surface area contributed by atoms with Crippen molar-refractivity contribution >= 4 is 56.4 Å². The second-order valence-electron chi connectivity index (χ2n) is 9.60. The Balaban J connectivity index is 2.12. The number of nitrogens with one attached hydrogen (secondary N) is 1. The monoisotopic (exact) mass is 650 g/mol. The number of nitro groups is 1. The lowest BCUT2D eigenvalue weighted by Gasteiger charge is -2.32. The van der Waals surface area contributed by atoms with Crippen LogP contribution in [-0.2, 0) is 26.2 Å². The summed E-state index contributed by atoms with van der Waals surface area (Å²) in [6, 6.07) is 13.2. The molecule has 0 fully saturated rings. The number of halogens is 2. The molecule has 1 unspecified atom stereocenters. The Labute approximate surface area is 260 Å². The van der Waals surface area contributed by atoms with Crippen LogP contribution in [0.2, 0.25) is 10.0 Å². The van der Waals surface area contributed by atoms with Crippen molar-refractivity contribution in [3.8, 4) is 5.75 Å². The second kappa shape index (κ2) is 14.5. The van der Waals surface area contributed by atoms with Crippen LogP contribution < -0.4 is 14.4 Å². The van der Waals surface area contributed by atoms with E-state index in [0.29, 0.717) is 24.3 Å². The van der Waals surface area contributed by atoms with Crippen LogP contribution in [0.25, 0.3) is 0 Å². The van der Waals surface area contributed by atoms with Crippen molar-refractivity contribution < 1.29 is 27.7 Å². The molecule has 1 N–H and O–H groups in total. The highest BCUT2D eigenvalue weighted by atomic mass is 35.5. The van der Waals surface area contributed by atoms with Gasteiger partial charge in [0.15, 0.2) is 0 Å². The average molecular weight is 652 g/mol. The molecule has 0 heterocycles. The number of methoxy groups -OCH3 is 1. The van der Waals surface area contributed by atoms with Gasteiger partial charge in [0.25, 0.3) is 15.7 Å². The lowest BCUT2D eigenvalue weighted by Crippen LogP contribution is -2.51. The topological polar surface area (TPSA) is 139 Å². The summed E-state index contributed by atoms with van der Waals surface area (Å²) in [5.74, 6) is -0.753. The van der Waals surface area contributed by atoms with Crippen molar-refractivity contribution in [1.82, 2.24) is 10.2 Å². The Hall–Kier alpha value is -3.87. The first-order chi connectivity index (χ1) is 20.3. The maximum atomic E-state index is 14.0. The van der Waals surface area contributed by atoms with Gasteiger partial charge in [-0.3, -0.25) is 24.0 Å². The first-order valence-corrected chi connectivity index (χ1v) is 15.4. The van der Waals surface area contributed by atoms with Crippen LogP contribution >= 0.6 is 23.2 Å². The molecule has 0 bridgehead atoms. The van der Waals surface area contributed by atoms with Gasteiger partial charge in [0.05, 0.1) is 22.6 Å². The minimum atomic E-state index is -4.54. The summed E-state index contributed by atoms with van der Waals surface area (Å²) in [4.78, 5) is 38.7. The minimum Gasteiger partial charge on any atom is -0.497 e. The zero-order chi connectivity index (χ0) is 31.9. The highest BCUT2D eigenvalue weighted by molar-refractivity contribution is 7.92. The second-order valence-corrected chi connectivity index (χ2v) is 12.3. The Morgan fingerprint density at radius 3 is 2.26 bits per heavy atom. The smallest absolute Gasteiger partial charge is 0.273 e. The van der Waals surface area contributed by atoms with Crippen molar-refractivity contribution in [3.63, 3.8) is 0 Å². The quantitative estimate of drug-likeness (QED) is 0.194. The van der Waals surface area contributed by atoms with Crippen LogP contribution in [0, 0.1) is 17.0 Å². The molecule has 0 aromatic heterocycles. The molecule has 0 spiro atoms. The molecule has 11 nitrogen and oxygen atoms in total. The van der Waals surface area contributed by atoms with Crippen LogP contribution in [0.1, 0.15) is 31.4 Å². The maximum Gasteiger partial charge on any atom is 0.273 e. The lowest BCUT2D eigenvalue weighted by molar-refractivity contribution is -0.385. The highest BCUT2D eigenvalue weighted by Crippen LogP contribution is 2.31. The molecule has 3 rings (SSSR count). The van der Waals surface area contributed by atoms with Gasteiger partial charge in [0.1, 0.15) is 18.3 Å².